The zero-order chi connectivity index (χ0) is 19.6. The molecule has 0 spiro atoms. The third-order valence-electron chi connectivity index (χ3n) is 6.81. The molecular formula is C24H24O4. The first-order valence-corrected chi connectivity index (χ1v) is 9.98. The van der Waals surface area contributed by atoms with Crippen LogP contribution < -0.4 is 4.74 Å². The molecule has 2 aromatic rings. The fourth-order valence-electron chi connectivity index (χ4n) is 5.59. The minimum Gasteiger partial charge on any atom is -0.497 e. The smallest absolute Gasteiger partial charge is 0.154 e. The molecule has 5 atom stereocenters. The van der Waals surface area contributed by atoms with Gasteiger partial charge in [0.15, 0.2) is 11.6 Å². The summed E-state index contributed by atoms with van der Waals surface area (Å²) >= 11 is 0. The van der Waals surface area contributed by atoms with Crippen LogP contribution in [0, 0.1) is 25.7 Å². The molecule has 2 bridgehead atoms. The van der Waals surface area contributed by atoms with Gasteiger partial charge in [-0.3, -0.25) is 9.59 Å². The van der Waals surface area contributed by atoms with E-state index >= 15 is 0 Å². The van der Waals surface area contributed by atoms with Crippen LogP contribution in [-0.2, 0) is 14.3 Å². The highest BCUT2D eigenvalue weighted by atomic mass is 16.5. The summed E-state index contributed by atoms with van der Waals surface area (Å²) in [5.41, 5.74) is 5.09. The Morgan fingerprint density at radius 3 is 1.89 bits per heavy atom. The SMILES string of the molecule is COc1ccc(-c2cc(C)c(C3C(=O)[C@@H]4[C@H](C3=O)[C@H]3CC[C@@H]4O3)c(C)c2)cc1. The maximum atomic E-state index is 13.2. The number of carbonyl (C=O) groups is 2. The fourth-order valence-corrected chi connectivity index (χ4v) is 5.59. The normalized spacial score (nSPS) is 30.8. The molecule has 0 aromatic heterocycles. The van der Waals surface area contributed by atoms with Crippen LogP contribution in [0.3, 0.4) is 0 Å². The van der Waals surface area contributed by atoms with E-state index in [0.29, 0.717) is 0 Å². The molecule has 28 heavy (non-hydrogen) atoms. The summed E-state index contributed by atoms with van der Waals surface area (Å²) < 4.78 is 11.1. The second-order valence-electron chi connectivity index (χ2n) is 8.33. The molecule has 4 nitrogen and oxygen atoms in total. The van der Waals surface area contributed by atoms with Gasteiger partial charge in [-0.25, -0.2) is 0 Å². The quantitative estimate of drug-likeness (QED) is 0.760. The first-order valence-electron chi connectivity index (χ1n) is 9.98. The molecule has 1 unspecified atom stereocenters. The summed E-state index contributed by atoms with van der Waals surface area (Å²) in [4.78, 5) is 26.4. The number of hydrogen-bond donors (Lipinski definition) is 0. The number of methoxy groups -OCH3 is 1. The van der Waals surface area contributed by atoms with Gasteiger partial charge in [0, 0.05) is 0 Å². The predicted molar refractivity (Wildman–Crippen MR) is 106 cm³/mol. The van der Waals surface area contributed by atoms with Crippen LogP contribution >= 0.6 is 0 Å². The van der Waals surface area contributed by atoms with Gasteiger partial charge in [0.2, 0.25) is 0 Å². The molecule has 1 aliphatic carbocycles. The molecular weight excluding hydrogens is 352 g/mol. The van der Waals surface area contributed by atoms with Crippen molar-refractivity contribution in [2.75, 3.05) is 7.11 Å². The molecule has 5 rings (SSSR count). The summed E-state index contributed by atoms with van der Waals surface area (Å²) in [6.45, 7) is 4.02. The Morgan fingerprint density at radius 2 is 1.39 bits per heavy atom. The van der Waals surface area contributed by atoms with E-state index in [0.717, 1.165) is 46.4 Å². The molecule has 2 heterocycles. The maximum absolute atomic E-state index is 13.2. The van der Waals surface area contributed by atoms with E-state index < -0.39 is 5.92 Å². The lowest BCUT2D eigenvalue weighted by atomic mass is 9.81. The summed E-state index contributed by atoms with van der Waals surface area (Å²) in [5.74, 6) is -0.102. The van der Waals surface area contributed by atoms with E-state index in [4.69, 9.17) is 9.47 Å². The molecule has 144 valence electrons. The monoisotopic (exact) mass is 376 g/mol. The van der Waals surface area contributed by atoms with Gasteiger partial charge in [0.25, 0.3) is 0 Å². The average molecular weight is 376 g/mol. The summed E-state index contributed by atoms with van der Waals surface area (Å²) in [7, 11) is 1.65. The van der Waals surface area contributed by atoms with Crippen molar-refractivity contribution < 1.29 is 19.1 Å². The van der Waals surface area contributed by atoms with Crippen molar-refractivity contribution in [2.45, 2.75) is 44.8 Å². The van der Waals surface area contributed by atoms with Gasteiger partial charge in [-0.1, -0.05) is 24.3 Å². The molecule has 0 amide bonds. The highest BCUT2D eigenvalue weighted by molar-refractivity contribution is 6.17. The lowest BCUT2D eigenvalue weighted by Gasteiger charge is -2.19. The van der Waals surface area contributed by atoms with Crippen molar-refractivity contribution in [1.29, 1.82) is 0 Å². The second kappa shape index (κ2) is 6.28. The van der Waals surface area contributed by atoms with E-state index in [1.165, 1.54) is 0 Å². The van der Waals surface area contributed by atoms with E-state index in [9.17, 15) is 9.59 Å². The lowest BCUT2D eigenvalue weighted by Crippen LogP contribution is -2.29. The lowest BCUT2D eigenvalue weighted by molar-refractivity contribution is -0.127. The largest absolute Gasteiger partial charge is 0.497 e. The molecule has 0 radical (unpaired) electrons. The molecule has 2 aromatic carbocycles. The first-order chi connectivity index (χ1) is 13.5. The number of benzene rings is 2. The van der Waals surface area contributed by atoms with Crippen molar-refractivity contribution in [1.82, 2.24) is 0 Å². The topological polar surface area (TPSA) is 52.6 Å². The van der Waals surface area contributed by atoms with Gasteiger partial charge in [-0.05, 0) is 66.6 Å². The Hall–Kier alpha value is -2.46. The van der Waals surface area contributed by atoms with Gasteiger partial charge < -0.3 is 9.47 Å². The highest BCUT2D eigenvalue weighted by Gasteiger charge is 2.63. The number of ether oxygens (including phenoxy) is 2. The highest BCUT2D eigenvalue weighted by Crippen LogP contribution is 2.53. The average Bonchev–Trinajstić information content (AvgIpc) is 3.37. The number of hydrogen-bond acceptors (Lipinski definition) is 4. The van der Waals surface area contributed by atoms with Crippen molar-refractivity contribution in [3.05, 3.63) is 53.1 Å². The Labute approximate surface area is 164 Å². The van der Waals surface area contributed by atoms with Crippen molar-refractivity contribution in [3.63, 3.8) is 0 Å². The summed E-state index contributed by atoms with van der Waals surface area (Å²) in [6.07, 6.45) is 1.73. The Bertz CT molecular complexity index is 924. The van der Waals surface area contributed by atoms with Crippen LogP contribution in [0.2, 0.25) is 0 Å². The number of carbonyl (C=O) groups excluding carboxylic acids is 2. The Balaban J connectivity index is 1.52. The van der Waals surface area contributed by atoms with E-state index in [2.05, 4.69) is 12.1 Å². The van der Waals surface area contributed by atoms with Gasteiger partial charge in [0.1, 0.15) is 11.7 Å². The van der Waals surface area contributed by atoms with Gasteiger partial charge in [0.05, 0.1) is 31.2 Å². The predicted octanol–water partition coefficient (Wildman–Crippen LogP) is 4.01. The minimum atomic E-state index is -0.619. The first kappa shape index (κ1) is 17.6. The van der Waals surface area contributed by atoms with Gasteiger partial charge in [-0.2, -0.15) is 0 Å². The van der Waals surface area contributed by atoms with Crippen LogP contribution in [0.15, 0.2) is 36.4 Å². The molecule has 2 saturated heterocycles. The molecule has 3 fully saturated rings. The third kappa shape index (κ3) is 2.40. The number of Topliss-reactive ketones (excluding diaryl/α,β-unsaturated/α-hetero) is 2. The molecule has 4 heteroatoms. The Morgan fingerprint density at radius 1 is 0.857 bits per heavy atom. The Kier molecular flexibility index (Phi) is 3.95. The zero-order valence-electron chi connectivity index (χ0n) is 16.4. The van der Waals surface area contributed by atoms with Crippen LogP contribution in [-0.4, -0.2) is 30.9 Å². The number of aryl methyl sites for hydroxylation is 2. The van der Waals surface area contributed by atoms with Crippen LogP contribution in [0.25, 0.3) is 11.1 Å². The minimum absolute atomic E-state index is 0.0457. The third-order valence-corrected chi connectivity index (χ3v) is 6.81. The van der Waals surface area contributed by atoms with Crippen LogP contribution in [0.1, 0.15) is 35.4 Å². The second-order valence-corrected chi connectivity index (χ2v) is 8.33. The van der Waals surface area contributed by atoms with Crippen LogP contribution in [0.4, 0.5) is 0 Å². The standard InChI is InChI=1S/C24H24O4/c1-12-10-15(14-4-6-16(27-3)7-5-14)11-13(2)19(12)22-23(25)20-17-8-9-18(28-17)21(20)24(22)26/h4-7,10-11,17-18,20-22H,8-9H2,1-3H3/t17-,18+,20-,21+,22?. The van der Waals surface area contributed by atoms with Crippen LogP contribution in [0.5, 0.6) is 5.75 Å². The molecule has 2 aliphatic heterocycles. The summed E-state index contributed by atoms with van der Waals surface area (Å²) in [6, 6.07) is 12.1. The molecule has 3 aliphatic rings. The maximum Gasteiger partial charge on any atom is 0.154 e. The van der Waals surface area contributed by atoms with Crippen molar-refractivity contribution >= 4 is 11.6 Å². The summed E-state index contributed by atoms with van der Waals surface area (Å²) in [5, 5.41) is 0. The van der Waals surface area contributed by atoms with E-state index in [-0.39, 0.29) is 35.6 Å². The van der Waals surface area contributed by atoms with Crippen molar-refractivity contribution in [3.8, 4) is 16.9 Å². The molecule has 0 N–H and O–H groups in total. The number of fused-ring (bicyclic) bond motifs is 5. The van der Waals surface area contributed by atoms with E-state index in [1.807, 2.05) is 38.1 Å². The van der Waals surface area contributed by atoms with E-state index in [1.54, 1.807) is 7.11 Å². The van der Waals surface area contributed by atoms with Gasteiger partial charge >= 0.3 is 0 Å². The number of rotatable bonds is 3. The number of ketones is 2. The fraction of sp³-hybridized carbons (Fsp3) is 0.417. The zero-order valence-corrected chi connectivity index (χ0v) is 16.4. The molecule has 1 saturated carbocycles. The van der Waals surface area contributed by atoms with Crippen molar-refractivity contribution in [2.24, 2.45) is 11.8 Å². The van der Waals surface area contributed by atoms with Gasteiger partial charge in [-0.15, -0.1) is 0 Å².